The minimum Gasteiger partial charge on any atom is -0.373 e. The van der Waals surface area contributed by atoms with E-state index in [0.717, 1.165) is 25.9 Å². The van der Waals surface area contributed by atoms with Crippen LogP contribution in [0.2, 0.25) is 0 Å². The van der Waals surface area contributed by atoms with Crippen LogP contribution < -0.4 is 5.48 Å². The van der Waals surface area contributed by atoms with E-state index in [0.29, 0.717) is 12.7 Å². The van der Waals surface area contributed by atoms with Crippen LogP contribution in [0.5, 0.6) is 0 Å². The zero-order valence-corrected chi connectivity index (χ0v) is 8.33. The van der Waals surface area contributed by atoms with E-state index in [9.17, 15) is 4.79 Å². The van der Waals surface area contributed by atoms with Gasteiger partial charge in [0.25, 0.3) is 5.91 Å². The number of unbranched alkanes of at least 4 members (excludes halogenated alkanes) is 2. The van der Waals surface area contributed by atoms with E-state index < -0.39 is 0 Å². The summed E-state index contributed by atoms with van der Waals surface area (Å²) in [7, 11) is 0. The van der Waals surface area contributed by atoms with Crippen molar-refractivity contribution in [2.24, 2.45) is 0 Å². The Morgan fingerprint density at radius 3 is 3.00 bits per heavy atom. The normalized spacial score (nSPS) is 19.0. The minimum absolute atomic E-state index is 0.295. The molecule has 0 spiro atoms. The van der Waals surface area contributed by atoms with Gasteiger partial charge in [-0.15, -0.1) is 0 Å². The second kappa shape index (κ2) is 6.56. The number of ether oxygens (including phenoxy) is 1. The van der Waals surface area contributed by atoms with Crippen molar-refractivity contribution in [2.45, 2.75) is 31.8 Å². The number of rotatable bonds is 8. The van der Waals surface area contributed by atoms with Crippen LogP contribution in [0.3, 0.4) is 0 Å². The Balaban J connectivity index is 1.74. The van der Waals surface area contributed by atoms with Gasteiger partial charge >= 0.3 is 0 Å². The molecule has 4 nitrogen and oxygen atoms in total. The minimum atomic E-state index is -0.295. The van der Waals surface area contributed by atoms with Crippen LogP contribution in [0.15, 0.2) is 12.7 Å². The Hall–Kier alpha value is -0.870. The lowest BCUT2D eigenvalue weighted by atomic mass is 10.2. The lowest BCUT2D eigenvalue weighted by molar-refractivity contribution is -0.128. The first kappa shape index (κ1) is 11.2. The maximum atomic E-state index is 10.6. The molecule has 1 amide bonds. The molecule has 0 aliphatic carbocycles. The molecule has 1 fully saturated rings. The molecule has 0 aromatic carbocycles. The Kier molecular flexibility index (Phi) is 5.25. The summed E-state index contributed by atoms with van der Waals surface area (Å²) < 4.78 is 5.08. The molecule has 1 heterocycles. The Labute approximate surface area is 84.2 Å². The lowest BCUT2D eigenvalue weighted by Gasteiger charge is -2.02. The standard InChI is InChI=1S/C10H17NO3/c1-2-10(12)11-14-7-5-3-4-6-9-8-13-9/h2,9H,1,3-8H2,(H,11,12). The molecule has 80 valence electrons. The van der Waals surface area contributed by atoms with Crippen molar-refractivity contribution in [2.75, 3.05) is 13.2 Å². The number of hydrogen-bond donors (Lipinski definition) is 1. The summed E-state index contributed by atoms with van der Waals surface area (Å²) in [6.07, 6.45) is 6.11. The molecule has 1 unspecified atom stereocenters. The van der Waals surface area contributed by atoms with E-state index in [-0.39, 0.29) is 5.91 Å². The fourth-order valence-corrected chi connectivity index (χ4v) is 1.12. The highest BCUT2D eigenvalue weighted by molar-refractivity contribution is 5.85. The molecule has 1 saturated heterocycles. The third-order valence-corrected chi connectivity index (χ3v) is 2.03. The van der Waals surface area contributed by atoms with Crippen LogP contribution in [0.1, 0.15) is 25.7 Å². The van der Waals surface area contributed by atoms with Crippen LogP contribution in [0, 0.1) is 0 Å². The zero-order valence-electron chi connectivity index (χ0n) is 8.33. The number of hydrogen-bond acceptors (Lipinski definition) is 3. The van der Waals surface area contributed by atoms with Crippen molar-refractivity contribution in [3.8, 4) is 0 Å². The number of hydroxylamine groups is 1. The predicted molar refractivity (Wildman–Crippen MR) is 52.5 cm³/mol. The van der Waals surface area contributed by atoms with Gasteiger partial charge in [0.1, 0.15) is 0 Å². The van der Waals surface area contributed by atoms with Crippen LogP contribution >= 0.6 is 0 Å². The molecular weight excluding hydrogens is 182 g/mol. The first-order valence-electron chi connectivity index (χ1n) is 4.98. The van der Waals surface area contributed by atoms with Gasteiger partial charge in [-0.25, -0.2) is 5.48 Å². The molecule has 0 aromatic heterocycles. The molecule has 1 atom stereocenters. The highest BCUT2D eigenvalue weighted by Crippen LogP contribution is 2.16. The monoisotopic (exact) mass is 199 g/mol. The number of amides is 1. The predicted octanol–water partition coefficient (Wildman–Crippen LogP) is 1.18. The number of carbonyl (C=O) groups is 1. The smallest absolute Gasteiger partial charge is 0.266 e. The van der Waals surface area contributed by atoms with E-state index in [4.69, 9.17) is 9.57 Å². The van der Waals surface area contributed by atoms with Crippen molar-refractivity contribution in [3.63, 3.8) is 0 Å². The largest absolute Gasteiger partial charge is 0.373 e. The van der Waals surface area contributed by atoms with Crippen molar-refractivity contribution in [1.29, 1.82) is 0 Å². The van der Waals surface area contributed by atoms with Gasteiger partial charge < -0.3 is 4.74 Å². The van der Waals surface area contributed by atoms with E-state index >= 15 is 0 Å². The molecule has 14 heavy (non-hydrogen) atoms. The van der Waals surface area contributed by atoms with Gasteiger partial charge in [-0.1, -0.05) is 19.4 Å². The van der Waals surface area contributed by atoms with Crippen LogP contribution in [0.25, 0.3) is 0 Å². The number of epoxide rings is 1. The summed E-state index contributed by atoms with van der Waals surface area (Å²) >= 11 is 0. The first-order chi connectivity index (χ1) is 6.83. The van der Waals surface area contributed by atoms with Gasteiger partial charge in [0, 0.05) is 0 Å². The van der Waals surface area contributed by atoms with Crippen molar-refractivity contribution in [1.82, 2.24) is 5.48 Å². The molecule has 0 bridgehead atoms. The van der Waals surface area contributed by atoms with Crippen LogP contribution in [-0.4, -0.2) is 25.2 Å². The summed E-state index contributed by atoms with van der Waals surface area (Å²) in [6, 6.07) is 0. The van der Waals surface area contributed by atoms with E-state index in [1.807, 2.05) is 0 Å². The molecule has 0 saturated carbocycles. The van der Waals surface area contributed by atoms with Gasteiger partial charge in [-0.05, 0) is 18.9 Å². The third kappa shape index (κ3) is 5.72. The molecule has 1 aliphatic heterocycles. The fraction of sp³-hybridized carbons (Fsp3) is 0.700. The molecule has 4 heteroatoms. The van der Waals surface area contributed by atoms with Gasteiger partial charge in [0.15, 0.2) is 0 Å². The summed E-state index contributed by atoms with van der Waals surface area (Å²) in [5.41, 5.74) is 2.26. The summed E-state index contributed by atoms with van der Waals surface area (Å²) in [5, 5.41) is 0. The van der Waals surface area contributed by atoms with E-state index in [1.165, 1.54) is 12.5 Å². The average molecular weight is 199 g/mol. The van der Waals surface area contributed by atoms with E-state index in [1.54, 1.807) is 0 Å². The van der Waals surface area contributed by atoms with Crippen LogP contribution in [-0.2, 0) is 14.4 Å². The molecule has 0 radical (unpaired) electrons. The summed E-state index contributed by atoms with van der Waals surface area (Å²) in [6.45, 7) is 4.81. The molecule has 1 rings (SSSR count). The first-order valence-corrected chi connectivity index (χ1v) is 4.98. The van der Waals surface area contributed by atoms with Gasteiger partial charge in [-0.3, -0.25) is 9.63 Å². The summed E-state index contributed by atoms with van der Waals surface area (Å²) in [4.78, 5) is 15.5. The Morgan fingerprint density at radius 1 is 1.57 bits per heavy atom. The topological polar surface area (TPSA) is 50.9 Å². The van der Waals surface area contributed by atoms with Crippen molar-refractivity contribution >= 4 is 5.91 Å². The number of carbonyl (C=O) groups excluding carboxylic acids is 1. The second-order valence-electron chi connectivity index (χ2n) is 3.32. The molecule has 0 aromatic rings. The van der Waals surface area contributed by atoms with Crippen LogP contribution in [0.4, 0.5) is 0 Å². The SMILES string of the molecule is C=CC(=O)NOCCCCCC1CO1. The summed E-state index contributed by atoms with van der Waals surface area (Å²) in [5.74, 6) is -0.295. The van der Waals surface area contributed by atoms with Gasteiger partial charge in [-0.2, -0.15) is 0 Å². The van der Waals surface area contributed by atoms with Crippen molar-refractivity contribution in [3.05, 3.63) is 12.7 Å². The molecular formula is C10H17NO3. The average Bonchev–Trinajstić information content (AvgIpc) is 2.99. The Bertz CT molecular complexity index is 190. The highest BCUT2D eigenvalue weighted by Gasteiger charge is 2.20. The molecule has 1 N–H and O–H groups in total. The number of nitrogens with one attached hydrogen (secondary N) is 1. The van der Waals surface area contributed by atoms with Gasteiger partial charge in [0.2, 0.25) is 0 Å². The fourth-order valence-electron chi connectivity index (χ4n) is 1.12. The van der Waals surface area contributed by atoms with Crippen molar-refractivity contribution < 1.29 is 14.4 Å². The third-order valence-electron chi connectivity index (χ3n) is 2.03. The Morgan fingerprint density at radius 2 is 2.36 bits per heavy atom. The second-order valence-corrected chi connectivity index (χ2v) is 3.32. The zero-order chi connectivity index (χ0) is 10.2. The maximum Gasteiger partial charge on any atom is 0.266 e. The molecule has 1 aliphatic rings. The van der Waals surface area contributed by atoms with Gasteiger partial charge in [0.05, 0.1) is 19.3 Å². The lowest BCUT2D eigenvalue weighted by Crippen LogP contribution is -2.21. The highest BCUT2D eigenvalue weighted by atomic mass is 16.6. The quantitative estimate of drug-likeness (QED) is 0.276. The van der Waals surface area contributed by atoms with E-state index in [2.05, 4.69) is 12.1 Å². The maximum absolute atomic E-state index is 10.6.